The molecule has 27 heavy (non-hydrogen) atoms. The highest BCUT2D eigenvalue weighted by molar-refractivity contribution is 14.1. The van der Waals surface area contributed by atoms with Crippen molar-refractivity contribution in [1.82, 2.24) is 19.6 Å². The number of aromatic nitrogens is 4. The number of carbonyl (C=O) groups excluding carboxylic acids is 1. The van der Waals surface area contributed by atoms with Gasteiger partial charge < -0.3 is 5.32 Å². The van der Waals surface area contributed by atoms with Crippen LogP contribution < -0.4 is 5.32 Å². The summed E-state index contributed by atoms with van der Waals surface area (Å²) >= 11 is 2.22. The topological polar surface area (TPSA) is 64.7 Å². The first kappa shape index (κ1) is 19.5. The SMILES string of the molecule is Cc1nn(Cc2ccccc2F)c(C)c1NC(=O)CCn1ncc(I)c1C. The molecule has 1 amide bonds. The molecule has 0 saturated carbocycles. The molecule has 0 aliphatic heterocycles. The first-order valence-corrected chi connectivity index (χ1v) is 9.70. The van der Waals surface area contributed by atoms with Gasteiger partial charge in [-0.1, -0.05) is 18.2 Å². The summed E-state index contributed by atoms with van der Waals surface area (Å²) in [5.41, 5.74) is 3.80. The number of anilines is 1. The molecular formula is C19H21FIN5O. The second-order valence-corrected chi connectivity index (χ2v) is 7.56. The fourth-order valence-corrected chi connectivity index (χ4v) is 3.28. The molecule has 0 saturated heterocycles. The van der Waals surface area contributed by atoms with Crippen LogP contribution in [0.4, 0.5) is 10.1 Å². The van der Waals surface area contributed by atoms with Gasteiger partial charge in [0, 0.05) is 17.7 Å². The fraction of sp³-hybridized carbons (Fsp3) is 0.316. The molecule has 0 bridgehead atoms. The van der Waals surface area contributed by atoms with Gasteiger partial charge in [-0.15, -0.1) is 0 Å². The van der Waals surface area contributed by atoms with Crippen molar-refractivity contribution in [3.8, 4) is 0 Å². The molecule has 8 heteroatoms. The van der Waals surface area contributed by atoms with E-state index < -0.39 is 0 Å². The smallest absolute Gasteiger partial charge is 0.226 e. The minimum absolute atomic E-state index is 0.100. The van der Waals surface area contributed by atoms with Crippen LogP contribution in [-0.2, 0) is 17.9 Å². The Morgan fingerprint density at radius 3 is 2.59 bits per heavy atom. The Morgan fingerprint density at radius 2 is 1.93 bits per heavy atom. The van der Waals surface area contributed by atoms with Gasteiger partial charge in [0.05, 0.1) is 39.9 Å². The van der Waals surface area contributed by atoms with Gasteiger partial charge in [0.25, 0.3) is 0 Å². The summed E-state index contributed by atoms with van der Waals surface area (Å²) in [4.78, 5) is 12.4. The first-order chi connectivity index (χ1) is 12.9. The van der Waals surface area contributed by atoms with E-state index in [1.807, 2.05) is 25.5 Å². The molecule has 0 aliphatic rings. The van der Waals surface area contributed by atoms with Crippen LogP contribution in [-0.4, -0.2) is 25.5 Å². The number of carbonyl (C=O) groups is 1. The number of hydrogen-bond acceptors (Lipinski definition) is 3. The Bertz CT molecular complexity index is 979. The number of amides is 1. The van der Waals surface area contributed by atoms with Gasteiger partial charge in [-0.2, -0.15) is 10.2 Å². The van der Waals surface area contributed by atoms with Crippen LogP contribution in [0.3, 0.4) is 0 Å². The lowest BCUT2D eigenvalue weighted by molar-refractivity contribution is -0.116. The zero-order valence-electron chi connectivity index (χ0n) is 15.5. The third-order valence-electron chi connectivity index (χ3n) is 4.52. The van der Waals surface area contributed by atoms with E-state index in [1.54, 1.807) is 29.1 Å². The fourth-order valence-electron chi connectivity index (χ4n) is 2.88. The van der Waals surface area contributed by atoms with E-state index in [2.05, 4.69) is 38.1 Å². The molecule has 0 spiro atoms. The van der Waals surface area contributed by atoms with Gasteiger partial charge >= 0.3 is 0 Å². The lowest BCUT2D eigenvalue weighted by atomic mass is 10.2. The number of benzene rings is 1. The predicted octanol–water partition coefficient (Wildman–Crippen LogP) is 3.83. The lowest BCUT2D eigenvalue weighted by Gasteiger charge is -2.08. The summed E-state index contributed by atoms with van der Waals surface area (Å²) in [5.74, 6) is -0.364. The minimum atomic E-state index is -0.264. The van der Waals surface area contributed by atoms with Crippen LogP contribution >= 0.6 is 22.6 Å². The van der Waals surface area contributed by atoms with E-state index in [1.165, 1.54) is 6.07 Å². The number of hydrogen-bond donors (Lipinski definition) is 1. The Kier molecular flexibility index (Phi) is 5.93. The number of nitrogens with zero attached hydrogens (tertiary/aromatic N) is 4. The van der Waals surface area contributed by atoms with Crippen LogP contribution in [0.1, 0.15) is 29.1 Å². The molecule has 1 aromatic carbocycles. The van der Waals surface area contributed by atoms with Gasteiger partial charge in [-0.05, 0) is 49.4 Å². The molecule has 0 unspecified atom stereocenters. The molecule has 3 aromatic rings. The zero-order valence-corrected chi connectivity index (χ0v) is 17.6. The molecule has 6 nitrogen and oxygen atoms in total. The molecule has 0 atom stereocenters. The van der Waals surface area contributed by atoms with E-state index in [9.17, 15) is 9.18 Å². The molecule has 2 heterocycles. The van der Waals surface area contributed by atoms with Crippen LogP contribution in [0.2, 0.25) is 0 Å². The van der Waals surface area contributed by atoms with Crippen LogP contribution in [0, 0.1) is 30.2 Å². The summed E-state index contributed by atoms with van der Waals surface area (Å²) < 4.78 is 18.5. The van der Waals surface area contributed by atoms with Crippen molar-refractivity contribution in [1.29, 1.82) is 0 Å². The monoisotopic (exact) mass is 481 g/mol. The number of rotatable bonds is 6. The molecule has 0 aliphatic carbocycles. The van der Waals surface area contributed by atoms with Crippen molar-refractivity contribution >= 4 is 34.2 Å². The van der Waals surface area contributed by atoms with Gasteiger partial charge in [-0.3, -0.25) is 14.2 Å². The highest BCUT2D eigenvalue weighted by Crippen LogP contribution is 2.21. The highest BCUT2D eigenvalue weighted by atomic mass is 127. The quantitative estimate of drug-likeness (QED) is 0.545. The van der Waals surface area contributed by atoms with Crippen LogP contribution in [0.5, 0.6) is 0 Å². The third-order valence-corrected chi connectivity index (χ3v) is 5.58. The van der Waals surface area contributed by atoms with Gasteiger partial charge in [0.1, 0.15) is 5.82 Å². The summed E-state index contributed by atoms with van der Waals surface area (Å²) in [6, 6.07) is 6.62. The van der Waals surface area contributed by atoms with Crippen molar-refractivity contribution in [3.63, 3.8) is 0 Å². The van der Waals surface area contributed by atoms with Crippen LogP contribution in [0.25, 0.3) is 0 Å². The molecule has 3 rings (SSSR count). The maximum atomic E-state index is 13.9. The zero-order chi connectivity index (χ0) is 19.6. The Hall–Kier alpha value is -2.23. The molecule has 2 aromatic heterocycles. The molecule has 1 N–H and O–H groups in total. The van der Waals surface area contributed by atoms with E-state index in [4.69, 9.17) is 0 Å². The van der Waals surface area contributed by atoms with Gasteiger partial charge in [-0.25, -0.2) is 4.39 Å². The van der Waals surface area contributed by atoms with E-state index in [0.717, 1.165) is 15.0 Å². The Labute approximate surface area is 170 Å². The maximum Gasteiger partial charge on any atom is 0.226 e. The number of halogens is 2. The van der Waals surface area contributed by atoms with E-state index in [0.29, 0.717) is 36.5 Å². The summed E-state index contributed by atoms with van der Waals surface area (Å²) in [7, 11) is 0. The normalized spacial score (nSPS) is 11.0. The maximum absolute atomic E-state index is 13.9. The molecular weight excluding hydrogens is 460 g/mol. The van der Waals surface area contributed by atoms with Crippen molar-refractivity contribution in [2.45, 2.75) is 40.3 Å². The molecule has 142 valence electrons. The third kappa shape index (κ3) is 4.37. The largest absolute Gasteiger partial charge is 0.323 e. The van der Waals surface area contributed by atoms with Crippen LogP contribution in [0.15, 0.2) is 30.5 Å². The molecule has 0 fully saturated rings. The minimum Gasteiger partial charge on any atom is -0.323 e. The molecule has 0 radical (unpaired) electrons. The van der Waals surface area contributed by atoms with E-state index in [-0.39, 0.29) is 11.7 Å². The summed E-state index contributed by atoms with van der Waals surface area (Å²) in [5, 5.41) is 11.7. The Balaban J connectivity index is 1.68. The standard InChI is InChI=1S/C19H21FIN5O/c1-12-19(23-18(27)8-9-25-13(2)17(21)10-22-25)14(3)26(24-12)11-15-6-4-5-7-16(15)20/h4-7,10H,8-9,11H2,1-3H3,(H,23,27). The van der Waals surface area contributed by atoms with Crippen molar-refractivity contribution < 1.29 is 9.18 Å². The van der Waals surface area contributed by atoms with Gasteiger partial charge in [0.15, 0.2) is 0 Å². The summed E-state index contributed by atoms with van der Waals surface area (Å²) in [6.45, 7) is 6.52. The number of aryl methyl sites for hydroxylation is 2. The average Bonchev–Trinajstić information content (AvgIpc) is 3.09. The first-order valence-electron chi connectivity index (χ1n) is 8.62. The average molecular weight is 481 g/mol. The van der Waals surface area contributed by atoms with E-state index >= 15 is 0 Å². The van der Waals surface area contributed by atoms with Crippen molar-refractivity contribution in [3.05, 3.63) is 62.5 Å². The Morgan fingerprint density at radius 1 is 1.19 bits per heavy atom. The van der Waals surface area contributed by atoms with Gasteiger partial charge in [0.2, 0.25) is 5.91 Å². The second kappa shape index (κ2) is 8.20. The highest BCUT2D eigenvalue weighted by Gasteiger charge is 2.16. The lowest BCUT2D eigenvalue weighted by Crippen LogP contribution is -2.16. The second-order valence-electron chi connectivity index (χ2n) is 6.39. The van der Waals surface area contributed by atoms with Crippen molar-refractivity contribution in [2.75, 3.05) is 5.32 Å². The number of nitrogens with one attached hydrogen (secondary N) is 1. The summed E-state index contributed by atoms with van der Waals surface area (Å²) in [6.07, 6.45) is 2.10. The van der Waals surface area contributed by atoms with Crippen molar-refractivity contribution in [2.24, 2.45) is 0 Å². The predicted molar refractivity (Wildman–Crippen MR) is 110 cm³/mol.